The van der Waals surface area contributed by atoms with E-state index in [9.17, 15) is 9.50 Å². The molecule has 0 radical (unpaired) electrons. The molecule has 0 saturated carbocycles. The summed E-state index contributed by atoms with van der Waals surface area (Å²) in [7, 11) is 0. The van der Waals surface area contributed by atoms with Crippen LogP contribution in [0.4, 0.5) is 4.39 Å². The predicted molar refractivity (Wildman–Crippen MR) is 52.5 cm³/mol. The van der Waals surface area contributed by atoms with E-state index >= 15 is 0 Å². The third-order valence-corrected chi connectivity index (χ3v) is 2.86. The van der Waals surface area contributed by atoms with E-state index in [1.165, 1.54) is 6.07 Å². The summed E-state index contributed by atoms with van der Waals surface area (Å²) in [4.78, 5) is 0. The van der Waals surface area contributed by atoms with Crippen molar-refractivity contribution in [2.75, 3.05) is 19.7 Å². The lowest BCUT2D eigenvalue weighted by Crippen LogP contribution is -2.57. The maximum atomic E-state index is 13.3. The van der Waals surface area contributed by atoms with E-state index in [1.807, 2.05) is 6.07 Å². The average Bonchev–Trinajstić information content (AvgIpc) is 2.14. The molecule has 0 amide bonds. The largest absolute Gasteiger partial charge is 0.396 e. The molecule has 0 unspecified atom stereocenters. The van der Waals surface area contributed by atoms with Gasteiger partial charge in [0, 0.05) is 18.5 Å². The van der Waals surface area contributed by atoms with Gasteiger partial charge in [-0.25, -0.2) is 4.39 Å². The molecule has 0 spiro atoms. The van der Waals surface area contributed by atoms with Crippen LogP contribution in [0.15, 0.2) is 24.3 Å². The Morgan fingerprint density at radius 1 is 1.36 bits per heavy atom. The molecular weight excluding hydrogens is 181 g/mol. The Kier molecular flexibility index (Phi) is 2.52. The molecule has 0 bridgehead atoms. The van der Waals surface area contributed by atoms with Crippen LogP contribution in [0.3, 0.4) is 0 Å². The maximum Gasteiger partial charge on any atom is 0.126 e. The molecule has 1 aromatic rings. The van der Waals surface area contributed by atoms with Crippen LogP contribution in [0.25, 0.3) is 0 Å². The fraction of sp³-hybridized carbons (Fsp3) is 0.455. The third kappa shape index (κ3) is 1.65. The zero-order valence-electron chi connectivity index (χ0n) is 7.96. The summed E-state index contributed by atoms with van der Waals surface area (Å²) in [5.74, 6) is -0.174. The summed E-state index contributed by atoms with van der Waals surface area (Å²) in [6.45, 7) is 1.67. The van der Waals surface area contributed by atoms with Gasteiger partial charge in [-0.3, -0.25) is 0 Å². The molecule has 0 aromatic heterocycles. The topological polar surface area (TPSA) is 32.3 Å². The summed E-state index contributed by atoms with van der Waals surface area (Å²) >= 11 is 0. The number of aliphatic hydroxyl groups excluding tert-OH is 1. The minimum Gasteiger partial charge on any atom is -0.396 e. The van der Waals surface area contributed by atoms with Gasteiger partial charge in [0.05, 0.1) is 6.61 Å². The highest BCUT2D eigenvalue weighted by Gasteiger charge is 2.36. The predicted octanol–water partition coefficient (Wildman–Crippen LogP) is 0.950. The van der Waals surface area contributed by atoms with Crippen LogP contribution in [0.1, 0.15) is 5.56 Å². The van der Waals surface area contributed by atoms with Crippen molar-refractivity contribution in [2.45, 2.75) is 6.42 Å². The van der Waals surface area contributed by atoms with Gasteiger partial charge in [-0.2, -0.15) is 0 Å². The molecule has 1 aromatic carbocycles. The van der Waals surface area contributed by atoms with Crippen molar-refractivity contribution in [1.82, 2.24) is 5.32 Å². The smallest absolute Gasteiger partial charge is 0.126 e. The maximum absolute atomic E-state index is 13.3. The molecule has 2 N–H and O–H groups in total. The van der Waals surface area contributed by atoms with Gasteiger partial charge in [-0.05, 0) is 18.1 Å². The van der Waals surface area contributed by atoms with Crippen LogP contribution < -0.4 is 5.32 Å². The molecule has 0 atom stereocenters. The van der Waals surface area contributed by atoms with E-state index in [-0.39, 0.29) is 17.8 Å². The Balaban J connectivity index is 2.13. The second-order valence-corrected chi connectivity index (χ2v) is 4.03. The quantitative estimate of drug-likeness (QED) is 0.752. The SMILES string of the molecule is OCC1(Cc2ccccc2F)CNC1. The molecule has 3 heteroatoms. The van der Waals surface area contributed by atoms with Crippen molar-refractivity contribution in [3.05, 3.63) is 35.6 Å². The van der Waals surface area contributed by atoms with Crippen LogP contribution in [-0.4, -0.2) is 24.8 Å². The minimum absolute atomic E-state index is 0.119. The van der Waals surface area contributed by atoms with E-state index in [0.29, 0.717) is 12.0 Å². The Bertz CT molecular complexity index is 317. The molecule has 2 rings (SSSR count). The Hall–Kier alpha value is -0.930. The molecule has 1 aliphatic heterocycles. The van der Waals surface area contributed by atoms with Crippen molar-refractivity contribution < 1.29 is 9.50 Å². The molecule has 2 nitrogen and oxygen atoms in total. The number of hydrogen-bond acceptors (Lipinski definition) is 2. The van der Waals surface area contributed by atoms with E-state index < -0.39 is 0 Å². The third-order valence-electron chi connectivity index (χ3n) is 2.86. The first kappa shape index (κ1) is 9.62. The van der Waals surface area contributed by atoms with E-state index in [4.69, 9.17) is 0 Å². The van der Waals surface area contributed by atoms with Gasteiger partial charge < -0.3 is 10.4 Å². The normalized spacial score (nSPS) is 19.0. The molecule has 1 heterocycles. The van der Waals surface area contributed by atoms with Crippen molar-refractivity contribution in [2.24, 2.45) is 5.41 Å². The molecule has 1 fully saturated rings. The molecule has 1 saturated heterocycles. The van der Waals surface area contributed by atoms with Gasteiger partial charge in [0.1, 0.15) is 5.82 Å². The van der Waals surface area contributed by atoms with Crippen LogP contribution in [0.5, 0.6) is 0 Å². The highest BCUT2D eigenvalue weighted by molar-refractivity contribution is 5.20. The Morgan fingerprint density at radius 3 is 2.57 bits per heavy atom. The average molecular weight is 195 g/mol. The minimum atomic E-state index is -0.174. The first-order chi connectivity index (χ1) is 6.76. The molecule has 14 heavy (non-hydrogen) atoms. The van der Waals surface area contributed by atoms with Crippen LogP contribution in [0.2, 0.25) is 0 Å². The monoisotopic (exact) mass is 195 g/mol. The van der Waals surface area contributed by atoms with Gasteiger partial charge in [0.2, 0.25) is 0 Å². The molecule has 76 valence electrons. The van der Waals surface area contributed by atoms with Gasteiger partial charge in [0.15, 0.2) is 0 Å². The lowest BCUT2D eigenvalue weighted by atomic mass is 9.77. The lowest BCUT2D eigenvalue weighted by molar-refractivity contribution is 0.0679. The van der Waals surface area contributed by atoms with Gasteiger partial charge in [-0.1, -0.05) is 18.2 Å². The Labute approximate surface area is 82.8 Å². The number of hydrogen-bond donors (Lipinski definition) is 2. The van der Waals surface area contributed by atoms with Crippen LogP contribution in [0, 0.1) is 11.2 Å². The second-order valence-electron chi connectivity index (χ2n) is 4.03. The highest BCUT2D eigenvalue weighted by atomic mass is 19.1. The van der Waals surface area contributed by atoms with Gasteiger partial charge in [0.25, 0.3) is 0 Å². The van der Waals surface area contributed by atoms with Crippen LogP contribution >= 0.6 is 0 Å². The summed E-state index contributed by atoms with van der Waals surface area (Å²) in [5.41, 5.74) is 0.561. The number of benzene rings is 1. The first-order valence-corrected chi connectivity index (χ1v) is 4.81. The van der Waals surface area contributed by atoms with Crippen molar-refractivity contribution in [3.8, 4) is 0 Å². The van der Waals surface area contributed by atoms with E-state index in [0.717, 1.165) is 13.1 Å². The van der Waals surface area contributed by atoms with Crippen molar-refractivity contribution in [1.29, 1.82) is 0 Å². The fourth-order valence-electron chi connectivity index (χ4n) is 1.82. The zero-order valence-corrected chi connectivity index (χ0v) is 7.96. The molecular formula is C11H14FNO. The van der Waals surface area contributed by atoms with Crippen LogP contribution in [-0.2, 0) is 6.42 Å². The van der Waals surface area contributed by atoms with E-state index in [1.54, 1.807) is 12.1 Å². The summed E-state index contributed by atoms with van der Waals surface area (Å²) in [6.07, 6.45) is 0.614. The second kappa shape index (κ2) is 3.67. The van der Waals surface area contributed by atoms with Gasteiger partial charge >= 0.3 is 0 Å². The standard InChI is InChI=1S/C11H14FNO/c12-10-4-2-1-3-9(10)5-11(8-14)6-13-7-11/h1-4,13-14H,5-8H2. The summed E-state index contributed by atoms with van der Waals surface area (Å²) < 4.78 is 13.3. The summed E-state index contributed by atoms with van der Waals surface area (Å²) in [5, 5.41) is 12.3. The molecule has 0 aliphatic carbocycles. The summed E-state index contributed by atoms with van der Waals surface area (Å²) in [6, 6.07) is 6.76. The first-order valence-electron chi connectivity index (χ1n) is 4.81. The lowest BCUT2D eigenvalue weighted by Gasteiger charge is -2.41. The van der Waals surface area contributed by atoms with E-state index in [2.05, 4.69) is 5.32 Å². The highest BCUT2D eigenvalue weighted by Crippen LogP contribution is 2.27. The Morgan fingerprint density at radius 2 is 2.07 bits per heavy atom. The van der Waals surface area contributed by atoms with Crippen molar-refractivity contribution >= 4 is 0 Å². The fourth-order valence-corrected chi connectivity index (χ4v) is 1.82. The number of nitrogens with one attached hydrogen (secondary N) is 1. The molecule has 1 aliphatic rings. The zero-order chi connectivity index (χ0) is 10.0. The van der Waals surface area contributed by atoms with Gasteiger partial charge in [-0.15, -0.1) is 0 Å². The number of aliphatic hydroxyl groups is 1. The number of rotatable bonds is 3. The van der Waals surface area contributed by atoms with Crippen molar-refractivity contribution in [3.63, 3.8) is 0 Å². The number of halogens is 1.